The second-order valence-electron chi connectivity index (χ2n) is 6.43. The Morgan fingerprint density at radius 3 is 2.86 bits per heavy atom. The minimum atomic E-state index is 0. The molecule has 0 aliphatic carbocycles. The summed E-state index contributed by atoms with van der Waals surface area (Å²) in [5.74, 6) is 2.69. The molecule has 9 nitrogen and oxygen atoms in total. The van der Waals surface area contributed by atoms with Crippen LogP contribution in [-0.2, 0) is 6.42 Å². The van der Waals surface area contributed by atoms with Gasteiger partial charge < -0.3 is 19.3 Å². The van der Waals surface area contributed by atoms with Gasteiger partial charge in [0.25, 0.3) is 5.89 Å². The van der Waals surface area contributed by atoms with Gasteiger partial charge in [-0.2, -0.15) is 4.98 Å². The first-order valence-electron chi connectivity index (χ1n) is 8.92. The number of halogens is 1. The Morgan fingerprint density at radius 2 is 2.11 bits per heavy atom. The number of piperidine rings is 1. The number of benzene rings is 1. The Morgan fingerprint density at radius 1 is 1.25 bits per heavy atom. The van der Waals surface area contributed by atoms with Crippen molar-refractivity contribution in [3.8, 4) is 23.2 Å². The number of hydrogen-bond donors (Lipinski definition) is 1. The molecule has 1 aliphatic heterocycles. The van der Waals surface area contributed by atoms with E-state index in [1.165, 1.54) is 0 Å². The van der Waals surface area contributed by atoms with E-state index < -0.39 is 0 Å². The fourth-order valence-corrected chi connectivity index (χ4v) is 3.20. The summed E-state index contributed by atoms with van der Waals surface area (Å²) in [6.45, 7) is 1.96. The molecule has 0 spiro atoms. The lowest BCUT2D eigenvalue weighted by atomic mass is 10.1. The molecule has 4 rings (SSSR count). The van der Waals surface area contributed by atoms with Gasteiger partial charge >= 0.3 is 0 Å². The average Bonchev–Trinajstić information content (AvgIpc) is 3.38. The van der Waals surface area contributed by atoms with Crippen molar-refractivity contribution in [1.29, 1.82) is 0 Å². The fourth-order valence-electron chi connectivity index (χ4n) is 3.20. The van der Waals surface area contributed by atoms with Gasteiger partial charge in [0.05, 0.1) is 20.3 Å². The van der Waals surface area contributed by atoms with Crippen molar-refractivity contribution in [2.45, 2.75) is 25.3 Å². The second-order valence-corrected chi connectivity index (χ2v) is 6.43. The molecular formula is C18H23ClN6O3. The quantitative estimate of drug-likeness (QED) is 0.665. The van der Waals surface area contributed by atoms with Crippen molar-refractivity contribution < 1.29 is 14.0 Å². The number of rotatable bonds is 6. The van der Waals surface area contributed by atoms with Crippen LogP contribution in [0.5, 0.6) is 11.5 Å². The lowest BCUT2D eigenvalue weighted by Gasteiger charge is -2.22. The van der Waals surface area contributed by atoms with Crippen LogP contribution in [0.1, 0.15) is 30.3 Å². The number of nitrogens with one attached hydrogen (secondary N) is 1. The van der Waals surface area contributed by atoms with Crippen molar-refractivity contribution in [2.24, 2.45) is 0 Å². The van der Waals surface area contributed by atoms with Gasteiger partial charge in [-0.1, -0.05) is 11.2 Å². The normalized spacial score (nSPS) is 16.4. The molecule has 2 aromatic heterocycles. The van der Waals surface area contributed by atoms with Crippen LogP contribution in [0.4, 0.5) is 0 Å². The van der Waals surface area contributed by atoms with Crippen LogP contribution < -0.4 is 14.8 Å². The summed E-state index contributed by atoms with van der Waals surface area (Å²) in [5.41, 5.74) is 0.992. The van der Waals surface area contributed by atoms with Gasteiger partial charge in [-0.15, -0.1) is 17.5 Å². The third kappa shape index (κ3) is 4.26. The summed E-state index contributed by atoms with van der Waals surface area (Å²) in [7, 11) is 3.22. The highest BCUT2D eigenvalue weighted by Crippen LogP contribution is 2.28. The zero-order chi connectivity index (χ0) is 18.6. The van der Waals surface area contributed by atoms with Crippen molar-refractivity contribution in [1.82, 2.24) is 30.2 Å². The van der Waals surface area contributed by atoms with Crippen molar-refractivity contribution in [2.75, 3.05) is 27.3 Å². The van der Waals surface area contributed by atoms with Gasteiger partial charge in [0, 0.05) is 13.0 Å². The molecule has 0 amide bonds. The molecule has 0 radical (unpaired) electrons. The molecule has 1 unspecified atom stereocenters. The third-order valence-corrected chi connectivity index (χ3v) is 4.62. The van der Waals surface area contributed by atoms with Gasteiger partial charge in [-0.3, -0.25) is 0 Å². The van der Waals surface area contributed by atoms with E-state index in [9.17, 15) is 0 Å². The largest absolute Gasteiger partial charge is 0.493 e. The first-order valence-corrected chi connectivity index (χ1v) is 8.92. The van der Waals surface area contributed by atoms with Crippen LogP contribution in [0.15, 0.2) is 29.0 Å². The summed E-state index contributed by atoms with van der Waals surface area (Å²) in [6.07, 6.45) is 4.46. The van der Waals surface area contributed by atoms with Gasteiger partial charge in [0.2, 0.25) is 5.82 Å². The van der Waals surface area contributed by atoms with Crippen LogP contribution in [0, 0.1) is 0 Å². The van der Waals surface area contributed by atoms with Gasteiger partial charge in [-0.25, -0.2) is 9.67 Å². The van der Waals surface area contributed by atoms with Crippen LogP contribution in [0.3, 0.4) is 0 Å². The van der Waals surface area contributed by atoms with Crippen LogP contribution in [-0.4, -0.2) is 52.2 Å². The van der Waals surface area contributed by atoms with Gasteiger partial charge in [0.15, 0.2) is 17.3 Å². The monoisotopic (exact) mass is 406 g/mol. The number of hydrogen-bond acceptors (Lipinski definition) is 8. The molecule has 10 heteroatoms. The first-order chi connectivity index (χ1) is 13.3. The maximum atomic E-state index is 5.35. The Bertz CT molecular complexity index is 906. The zero-order valence-corrected chi connectivity index (χ0v) is 16.6. The lowest BCUT2D eigenvalue weighted by Crippen LogP contribution is -2.31. The lowest BCUT2D eigenvalue weighted by molar-refractivity contribution is 0.345. The maximum Gasteiger partial charge on any atom is 0.297 e. The Balaban J connectivity index is 0.00000225. The summed E-state index contributed by atoms with van der Waals surface area (Å²) in [5, 5.41) is 11.9. The number of methoxy groups -OCH3 is 2. The Kier molecular flexibility index (Phi) is 6.48. The molecule has 150 valence electrons. The van der Waals surface area contributed by atoms with E-state index in [-0.39, 0.29) is 12.4 Å². The highest BCUT2D eigenvalue weighted by atomic mass is 35.5. The minimum Gasteiger partial charge on any atom is -0.493 e. The molecule has 1 aromatic carbocycles. The van der Waals surface area contributed by atoms with Crippen molar-refractivity contribution in [3.05, 3.63) is 35.9 Å². The van der Waals surface area contributed by atoms with Crippen LogP contribution >= 0.6 is 12.4 Å². The molecular weight excluding hydrogens is 384 g/mol. The molecule has 1 aliphatic rings. The summed E-state index contributed by atoms with van der Waals surface area (Å²) >= 11 is 0. The van der Waals surface area contributed by atoms with E-state index in [2.05, 4.69) is 25.5 Å². The molecule has 0 saturated carbocycles. The highest BCUT2D eigenvalue weighted by Gasteiger charge is 2.19. The second kappa shape index (κ2) is 9.03. The molecule has 3 heterocycles. The standard InChI is InChI=1S/C18H22N6O3.ClH/c1-25-14-6-5-12(8-15(14)26-2)9-16-21-18(27-23-16)17-20-11-24(22-17)13-4-3-7-19-10-13;/h5-6,8,11,13,19H,3-4,7,9-10H2,1-2H3;1H. The fraction of sp³-hybridized carbons (Fsp3) is 0.444. The van der Waals surface area contributed by atoms with E-state index in [0.29, 0.717) is 41.5 Å². The van der Waals surface area contributed by atoms with Crippen molar-refractivity contribution in [3.63, 3.8) is 0 Å². The zero-order valence-electron chi connectivity index (χ0n) is 15.8. The Labute approximate surface area is 168 Å². The van der Waals surface area contributed by atoms with E-state index in [0.717, 1.165) is 31.5 Å². The minimum absolute atomic E-state index is 0. The van der Waals surface area contributed by atoms with Gasteiger partial charge in [-0.05, 0) is 37.1 Å². The topological polar surface area (TPSA) is 100 Å². The molecule has 0 bridgehead atoms. The molecule has 1 saturated heterocycles. The molecule has 1 N–H and O–H groups in total. The number of aromatic nitrogens is 5. The molecule has 3 aromatic rings. The molecule has 1 atom stereocenters. The predicted molar refractivity (Wildman–Crippen MR) is 104 cm³/mol. The van der Waals surface area contributed by atoms with Gasteiger partial charge in [0.1, 0.15) is 6.33 Å². The number of nitrogens with zero attached hydrogens (tertiary/aromatic N) is 5. The molecule has 28 heavy (non-hydrogen) atoms. The van der Waals surface area contributed by atoms with E-state index >= 15 is 0 Å². The summed E-state index contributed by atoms with van der Waals surface area (Å²) in [6, 6.07) is 6.02. The smallest absolute Gasteiger partial charge is 0.297 e. The predicted octanol–water partition coefficient (Wildman–Crippen LogP) is 2.28. The average molecular weight is 407 g/mol. The summed E-state index contributed by atoms with van der Waals surface area (Å²) < 4.78 is 17.8. The van der Waals surface area contributed by atoms with Crippen LogP contribution in [0.25, 0.3) is 11.7 Å². The van der Waals surface area contributed by atoms with Crippen molar-refractivity contribution >= 4 is 12.4 Å². The number of ether oxygens (including phenoxy) is 2. The highest BCUT2D eigenvalue weighted by molar-refractivity contribution is 5.85. The van der Waals surface area contributed by atoms with Crippen LogP contribution in [0.2, 0.25) is 0 Å². The van der Waals surface area contributed by atoms with E-state index in [1.807, 2.05) is 22.9 Å². The first kappa shape index (κ1) is 20.1. The van der Waals surface area contributed by atoms with E-state index in [4.69, 9.17) is 14.0 Å². The maximum absolute atomic E-state index is 5.35. The SMILES string of the molecule is COc1ccc(Cc2noc(-c3ncn(C4CCCNC4)n3)n2)cc1OC.Cl. The Hall–Kier alpha value is -2.65. The third-order valence-electron chi connectivity index (χ3n) is 4.62. The van der Waals surface area contributed by atoms with E-state index in [1.54, 1.807) is 20.5 Å². The molecule has 1 fully saturated rings. The summed E-state index contributed by atoms with van der Waals surface area (Å²) in [4.78, 5) is 8.75.